The van der Waals surface area contributed by atoms with E-state index in [1.165, 1.54) is 0 Å². The second kappa shape index (κ2) is 5.69. The van der Waals surface area contributed by atoms with Crippen molar-refractivity contribution >= 4 is 22.6 Å². The summed E-state index contributed by atoms with van der Waals surface area (Å²) in [5.41, 5.74) is 0.969. The Bertz CT molecular complexity index is 657. The van der Waals surface area contributed by atoms with E-state index in [-0.39, 0.29) is 5.91 Å². The van der Waals surface area contributed by atoms with E-state index < -0.39 is 6.10 Å². The number of hydrogen-bond donors (Lipinski definition) is 0. The molecule has 21 heavy (non-hydrogen) atoms. The lowest BCUT2D eigenvalue weighted by molar-refractivity contribution is -0.141. The average Bonchev–Trinajstić information content (AvgIpc) is 2.53. The van der Waals surface area contributed by atoms with Gasteiger partial charge >= 0.3 is 0 Å². The Kier molecular flexibility index (Phi) is 3.75. The van der Waals surface area contributed by atoms with Crippen LogP contribution in [0.2, 0.25) is 0 Å². The lowest BCUT2D eigenvalue weighted by atomic mass is 10.2. The number of carbonyl (C=O) groups is 1. The van der Waals surface area contributed by atoms with Crippen molar-refractivity contribution < 1.29 is 9.53 Å². The first-order valence-corrected chi connectivity index (χ1v) is 7.08. The highest BCUT2D eigenvalue weighted by Crippen LogP contribution is 2.20. The Labute approximate surface area is 124 Å². The molecule has 5 heteroatoms. The zero-order valence-electron chi connectivity index (χ0n) is 12.3. The third kappa shape index (κ3) is 2.83. The summed E-state index contributed by atoms with van der Waals surface area (Å²) >= 11 is 0. The van der Waals surface area contributed by atoms with E-state index in [4.69, 9.17) is 4.74 Å². The minimum atomic E-state index is -0.415. The Morgan fingerprint density at radius 3 is 2.90 bits per heavy atom. The largest absolute Gasteiger partial charge is 0.365 e. The van der Waals surface area contributed by atoms with Gasteiger partial charge in [0.25, 0.3) is 5.91 Å². The van der Waals surface area contributed by atoms with Crippen molar-refractivity contribution in [2.24, 2.45) is 0 Å². The first-order valence-electron chi connectivity index (χ1n) is 7.08. The van der Waals surface area contributed by atoms with Gasteiger partial charge in [-0.2, -0.15) is 0 Å². The van der Waals surface area contributed by atoms with Gasteiger partial charge < -0.3 is 14.5 Å². The predicted molar refractivity (Wildman–Crippen MR) is 82.4 cm³/mol. The molecule has 0 saturated carbocycles. The van der Waals surface area contributed by atoms with Gasteiger partial charge in [-0.05, 0) is 18.2 Å². The quantitative estimate of drug-likeness (QED) is 0.839. The molecule has 2 aromatic rings. The van der Waals surface area contributed by atoms with Gasteiger partial charge in [-0.1, -0.05) is 18.2 Å². The van der Waals surface area contributed by atoms with Gasteiger partial charge in [0.05, 0.1) is 18.7 Å². The zero-order valence-corrected chi connectivity index (χ0v) is 12.3. The van der Waals surface area contributed by atoms with Gasteiger partial charge in [0.1, 0.15) is 5.82 Å². The third-order valence-corrected chi connectivity index (χ3v) is 3.69. The van der Waals surface area contributed by atoms with Crippen LogP contribution in [0.1, 0.15) is 0 Å². The summed E-state index contributed by atoms with van der Waals surface area (Å²) in [5, 5.41) is 1.12. The molecule has 0 spiro atoms. The molecule has 1 aromatic heterocycles. The van der Waals surface area contributed by atoms with Crippen molar-refractivity contribution in [3.63, 3.8) is 0 Å². The normalized spacial score (nSPS) is 18.8. The van der Waals surface area contributed by atoms with E-state index in [9.17, 15) is 4.79 Å². The second-order valence-corrected chi connectivity index (χ2v) is 5.40. The smallest absolute Gasteiger partial charge is 0.253 e. The lowest BCUT2D eigenvalue weighted by Crippen LogP contribution is -2.49. The van der Waals surface area contributed by atoms with Crippen LogP contribution in [0.4, 0.5) is 5.82 Å². The standard InChI is InChI=1S/C16H19N3O2/c1-18(2)16(20)14-11-19(9-10-21-14)15-8-7-12-5-3-4-6-13(12)17-15/h3-8,14H,9-11H2,1-2H3. The van der Waals surface area contributed by atoms with E-state index in [1.807, 2.05) is 30.3 Å². The van der Waals surface area contributed by atoms with Gasteiger partial charge in [-0.3, -0.25) is 4.79 Å². The van der Waals surface area contributed by atoms with Crippen molar-refractivity contribution in [2.45, 2.75) is 6.10 Å². The van der Waals surface area contributed by atoms with Crippen LogP contribution in [-0.2, 0) is 9.53 Å². The SMILES string of the molecule is CN(C)C(=O)C1CN(c2ccc3ccccc3n2)CCO1. The highest BCUT2D eigenvalue weighted by molar-refractivity contribution is 5.82. The Morgan fingerprint density at radius 1 is 1.29 bits per heavy atom. The molecule has 0 aliphatic carbocycles. The minimum Gasteiger partial charge on any atom is -0.365 e. The number of carbonyl (C=O) groups excluding carboxylic acids is 1. The van der Waals surface area contributed by atoms with E-state index in [0.717, 1.165) is 23.3 Å². The van der Waals surface area contributed by atoms with Crippen molar-refractivity contribution in [1.29, 1.82) is 0 Å². The van der Waals surface area contributed by atoms with E-state index >= 15 is 0 Å². The predicted octanol–water partition coefficient (Wildman–Crippen LogP) is 1.53. The fraction of sp³-hybridized carbons (Fsp3) is 0.375. The number of hydrogen-bond acceptors (Lipinski definition) is 4. The first-order chi connectivity index (χ1) is 10.1. The summed E-state index contributed by atoms with van der Waals surface area (Å²) in [7, 11) is 3.50. The highest BCUT2D eigenvalue weighted by Gasteiger charge is 2.28. The maximum Gasteiger partial charge on any atom is 0.253 e. The molecule has 1 aromatic carbocycles. The summed E-state index contributed by atoms with van der Waals surface area (Å²) in [5.74, 6) is 0.897. The van der Waals surface area contributed by atoms with Crippen LogP contribution in [0.15, 0.2) is 36.4 Å². The maximum atomic E-state index is 12.0. The molecule has 1 unspecified atom stereocenters. The van der Waals surface area contributed by atoms with Crippen molar-refractivity contribution in [3.8, 4) is 0 Å². The number of nitrogens with zero attached hydrogens (tertiary/aromatic N) is 3. The number of fused-ring (bicyclic) bond motifs is 1. The van der Waals surface area contributed by atoms with Gasteiger partial charge in [0.15, 0.2) is 6.10 Å². The molecule has 1 atom stereocenters. The fourth-order valence-corrected chi connectivity index (χ4v) is 2.53. The number of para-hydroxylation sites is 1. The van der Waals surface area contributed by atoms with Crippen LogP contribution >= 0.6 is 0 Å². The average molecular weight is 285 g/mol. The third-order valence-electron chi connectivity index (χ3n) is 3.69. The number of likely N-dealkylation sites (N-methyl/N-ethyl adjacent to an activating group) is 1. The van der Waals surface area contributed by atoms with Crippen LogP contribution < -0.4 is 4.90 Å². The summed E-state index contributed by atoms with van der Waals surface area (Å²) in [6, 6.07) is 12.1. The topological polar surface area (TPSA) is 45.7 Å². The van der Waals surface area contributed by atoms with Gasteiger partial charge in [-0.15, -0.1) is 0 Å². The second-order valence-electron chi connectivity index (χ2n) is 5.40. The van der Waals surface area contributed by atoms with Crippen LogP contribution in [0.3, 0.4) is 0 Å². The Balaban J connectivity index is 1.83. The summed E-state index contributed by atoms with van der Waals surface area (Å²) in [6.07, 6.45) is -0.415. The summed E-state index contributed by atoms with van der Waals surface area (Å²) in [4.78, 5) is 20.4. The zero-order chi connectivity index (χ0) is 14.8. The number of aromatic nitrogens is 1. The van der Waals surface area contributed by atoms with Crippen LogP contribution in [0.5, 0.6) is 0 Å². The Morgan fingerprint density at radius 2 is 2.10 bits per heavy atom. The van der Waals surface area contributed by atoms with E-state index in [0.29, 0.717) is 13.2 Å². The van der Waals surface area contributed by atoms with Crippen LogP contribution in [0, 0.1) is 0 Å². The number of ether oxygens (including phenoxy) is 1. The van der Waals surface area contributed by atoms with Gasteiger partial charge in [0, 0.05) is 26.0 Å². The molecule has 0 bridgehead atoms. The van der Waals surface area contributed by atoms with Gasteiger partial charge in [0.2, 0.25) is 0 Å². The lowest BCUT2D eigenvalue weighted by Gasteiger charge is -2.34. The molecule has 0 N–H and O–H groups in total. The molecule has 5 nitrogen and oxygen atoms in total. The highest BCUT2D eigenvalue weighted by atomic mass is 16.5. The molecular formula is C16H19N3O2. The van der Waals surface area contributed by atoms with Crippen LogP contribution in [-0.4, -0.2) is 55.7 Å². The van der Waals surface area contributed by atoms with Crippen molar-refractivity contribution in [3.05, 3.63) is 36.4 Å². The van der Waals surface area contributed by atoms with Gasteiger partial charge in [-0.25, -0.2) is 4.98 Å². The summed E-state index contributed by atoms with van der Waals surface area (Å²) < 4.78 is 5.58. The number of amides is 1. The minimum absolute atomic E-state index is 0.000453. The van der Waals surface area contributed by atoms with E-state index in [2.05, 4.69) is 16.0 Å². The first kappa shape index (κ1) is 13.8. The molecule has 1 aliphatic rings. The molecule has 0 radical (unpaired) electrons. The Hall–Kier alpha value is -2.14. The molecule has 110 valence electrons. The number of pyridine rings is 1. The molecule has 1 amide bonds. The van der Waals surface area contributed by atoms with Crippen LogP contribution in [0.25, 0.3) is 10.9 Å². The molecule has 1 saturated heterocycles. The van der Waals surface area contributed by atoms with Crippen molar-refractivity contribution in [2.75, 3.05) is 38.7 Å². The maximum absolute atomic E-state index is 12.0. The summed E-state index contributed by atoms with van der Waals surface area (Å²) in [6.45, 7) is 1.84. The van der Waals surface area contributed by atoms with E-state index in [1.54, 1.807) is 19.0 Å². The molecule has 1 aliphatic heterocycles. The number of anilines is 1. The number of rotatable bonds is 2. The molecule has 1 fully saturated rings. The van der Waals surface area contributed by atoms with Crippen molar-refractivity contribution in [1.82, 2.24) is 9.88 Å². The monoisotopic (exact) mass is 285 g/mol. The molecule has 2 heterocycles. The number of benzene rings is 1. The fourth-order valence-electron chi connectivity index (χ4n) is 2.53. The molecular weight excluding hydrogens is 266 g/mol. The number of morpholine rings is 1. The molecule has 3 rings (SSSR count).